The summed E-state index contributed by atoms with van der Waals surface area (Å²) >= 11 is 0. The average Bonchev–Trinajstić information content (AvgIpc) is 2.93. The second-order valence-electron chi connectivity index (χ2n) is 4.16. The van der Waals surface area contributed by atoms with E-state index in [1.807, 2.05) is 0 Å². The Morgan fingerprint density at radius 3 is 1.86 bits per heavy atom. The van der Waals surface area contributed by atoms with Crippen LogP contribution < -0.4 is 5.32 Å². The Labute approximate surface area is 132 Å². The van der Waals surface area contributed by atoms with E-state index in [9.17, 15) is 4.79 Å². The summed E-state index contributed by atoms with van der Waals surface area (Å²) in [6, 6.07) is -0.292. The van der Waals surface area contributed by atoms with Gasteiger partial charge in [0.25, 0.3) is 0 Å². The molecule has 1 aliphatic rings. The number of aliphatic carboxylic acids is 1. The fraction of sp³-hybridized carbons (Fsp3) is 0.316. The van der Waals surface area contributed by atoms with E-state index in [2.05, 4.69) is 77.4 Å². The van der Waals surface area contributed by atoms with E-state index in [-0.39, 0.29) is 6.04 Å². The summed E-state index contributed by atoms with van der Waals surface area (Å²) in [5.41, 5.74) is 0. The van der Waals surface area contributed by atoms with Crippen LogP contribution in [-0.4, -0.2) is 23.7 Å². The van der Waals surface area contributed by atoms with Crippen LogP contribution in [0, 0.1) is 77.5 Å². The van der Waals surface area contributed by atoms with Gasteiger partial charge in [-0.05, 0) is 85.0 Å². The highest BCUT2D eigenvalue weighted by Crippen LogP contribution is 2.11. The molecular weight excluding hydrogens is 274 g/mol. The number of rotatable bonds is 1. The molecule has 3 nitrogen and oxygen atoms in total. The van der Waals surface area contributed by atoms with Crippen molar-refractivity contribution < 1.29 is 9.90 Å². The van der Waals surface area contributed by atoms with Crippen molar-refractivity contribution in [2.24, 2.45) is 5.92 Å². The van der Waals surface area contributed by atoms with Crippen molar-refractivity contribution in [1.29, 1.82) is 0 Å². The molecule has 1 heterocycles. The first kappa shape index (κ1) is 18.8. The molecule has 1 saturated heterocycles. The van der Waals surface area contributed by atoms with Gasteiger partial charge < -0.3 is 10.4 Å². The lowest BCUT2D eigenvalue weighted by atomic mass is 10.1. The second-order valence-corrected chi connectivity index (χ2v) is 4.16. The van der Waals surface area contributed by atoms with Crippen molar-refractivity contribution in [2.45, 2.75) is 26.3 Å². The van der Waals surface area contributed by atoms with E-state index >= 15 is 0 Å². The van der Waals surface area contributed by atoms with Gasteiger partial charge in [0.1, 0.15) is 6.04 Å². The first-order valence-corrected chi connectivity index (χ1v) is 6.45. The molecule has 2 N–H and O–H groups in total. The van der Waals surface area contributed by atoms with Crippen LogP contribution in [0.2, 0.25) is 0 Å². The summed E-state index contributed by atoms with van der Waals surface area (Å²) in [5, 5.41) is 11.4. The highest BCUT2D eigenvalue weighted by atomic mass is 16.4. The third kappa shape index (κ3) is 10.7. The monoisotopic (exact) mass is 289 g/mol. The molecule has 2 unspecified atom stereocenters. The summed E-state index contributed by atoms with van der Waals surface area (Å²) in [7, 11) is 0. The number of carbonyl (C=O) groups is 1. The van der Waals surface area contributed by atoms with Crippen LogP contribution in [-0.2, 0) is 4.79 Å². The van der Waals surface area contributed by atoms with E-state index in [1.54, 1.807) is 6.92 Å². The summed E-state index contributed by atoms with van der Waals surface area (Å²) in [6.45, 7) is 4.60. The number of hydrogen-bond acceptors (Lipinski definition) is 2. The van der Waals surface area contributed by atoms with Gasteiger partial charge in [-0.25, -0.2) is 0 Å². The zero-order valence-corrected chi connectivity index (χ0v) is 12.5. The third-order valence-electron chi connectivity index (χ3n) is 2.35. The van der Waals surface area contributed by atoms with Gasteiger partial charge in [0, 0.05) is 0 Å². The minimum Gasteiger partial charge on any atom is -0.480 e. The summed E-state index contributed by atoms with van der Waals surface area (Å²) in [5.74, 6) is 26.7. The first-order chi connectivity index (χ1) is 10.6. The van der Waals surface area contributed by atoms with Crippen molar-refractivity contribution in [1.82, 2.24) is 5.32 Å². The van der Waals surface area contributed by atoms with Gasteiger partial charge in [-0.2, -0.15) is 0 Å². The zero-order chi connectivity index (χ0) is 16.6. The number of carboxylic acids is 1. The average molecular weight is 289 g/mol. The molecule has 1 aliphatic heterocycles. The van der Waals surface area contributed by atoms with E-state index in [0.717, 1.165) is 13.0 Å². The van der Waals surface area contributed by atoms with Crippen LogP contribution in [0.3, 0.4) is 0 Å². The number of carboxylic acid groups (broad SMARTS) is 1. The van der Waals surface area contributed by atoms with Gasteiger partial charge >= 0.3 is 5.97 Å². The SMILES string of the molecule is C#CC#CC#CC#CC#CC#CC.CC1CNC(C(=O)O)C1. The quantitative estimate of drug-likeness (QED) is 0.700. The second kappa shape index (κ2) is 12.8. The van der Waals surface area contributed by atoms with Crippen molar-refractivity contribution >= 4 is 5.97 Å². The Bertz CT molecular complexity index is 728. The normalized spacial score (nSPS) is 16.4. The number of hydrogen-bond donors (Lipinski definition) is 2. The molecule has 22 heavy (non-hydrogen) atoms. The zero-order valence-electron chi connectivity index (χ0n) is 12.5. The summed E-state index contributed by atoms with van der Waals surface area (Å²) in [4.78, 5) is 10.3. The lowest BCUT2D eigenvalue weighted by molar-refractivity contribution is -0.139. The van der Waals surface area contributed by atoms with Crippen LogP contribution in [0.15, 0.2) is 0 Å². The molecule has 0 aromatic carbocycles. The van der Waals surface area contributed by atoms with E-state index in [0.29, 0.717) is 5.92 Å². The van der Waals surface area contributed by atoms with Gasteiger partial charge in [0.05, 0.1) is 0 Å². The van der Waals surface area contributed by atoms with Gasteiger partial charge in [-0.1, -0.05) is 12.8 Å². The molecule has 0 aromatic rings. The molecule has 0 radical (unpaired) electrons. The fourth-order valence-corrected chi connectivity index (χ4v) is 1.42. The molecule has 0 amide bonds. The van der Waals surface area contributed by atoms with Crippen LogP contribution in [0.1, 0.15) is 20.3 Å². The van der Waals surface area contributed by atoms with Crippen molar-refractivity contribution in [3.05, 3.63) is 0 Å². The van der Waals surface area contributed by atoms with E-state index in [1.165, 1.54) is 0 Å². The minimum absolute atomic E-state index is 0.292. The Morgan fingerprint density at radius 2 is 1.55 bits per heavy atom. The maximum Gasteiger partial charge on any atom is 0.320 e. The number of terminal acetylenes is 1. The Morgan fingerprint density at radius 1 is 1.05 bits per heavy atom. The summed E-state index contributed by atoms with van der Waals surface area (Å²) < 4.78 is 0. The van der Waals surface area contributed by atoms with Crippen molar-refractivity contribution in [2.75, 3.05) is 6.54 Å². The first-order valence-electron chi connectivity index (χ1n) is 6.45. The molecule has 0 saturated carbocycles. The van der Waals surface area contributed by atoms with Crippen molar-refractivity contribution in [3.63, 3.8) is 0 Å². The van der Waals surface area contributed by atoms with Crippen LogP contribution in [0.4, 0.5) is 0 Å². The molecule has 1 rings (SSSR count). The molecule has 0 aliphatic carbocycles. The van der Waals surface area contributed by atoms with E-state index < -0.39 is 5.97 Å². The molecule has 0 spiro atoms. The topological polar surface area (TPSA) is 49.3 Å². The molecule has 3 heteroatoms. The molecule has 1 fully saturated rings. The molecule has 0 bridgehead atoms. The van der Waals surface area contributed by atoms with Crippen LogP contribution in [0.25, 0.3) is 0 Å². The summed E-state index contributed by atoms with van der Waals surface area (Å²) in [6.07, 6.45) is 5.63. The predicted octanol–water partition coefficient (Wildman–Crippen LogP) is 0.725. The molecule has 108 valence electrons. The molecule has 0 aromatic heterocycles. The van der Waals surface area contributed by atoms with Gasteiger partial charge in [0.2, 0.25) is 0 Å². The van der Waals surface area contributed by atoms with E-state index in [4.69, 9.17) is 11.5 Å². The Balaban J connectivity index is 0.000000425. The van der Waals surface area contributed by atoms with Crippen molar-refractivity contribution in [3.8, 4) is 71.5 Å². The Kier molecular flexibility index (Phi) is 10.9. The lowest BCUT2D eigenvalue weighted by Gasteiger charge is -2.00. The number of nitrogens with one attached hydrogen (secondary N) is 1. The van der Waals surface area contributed by atoms with Gasteiger partial charge in [0.15, 0.2) is 0 Å². The maximum atomic E-state index is 10.3. The fourth-order valence-electron chi connectivity index (χ4n) is 1.42. The highest BCUT2D eigenvalue weighted by Gasteiger charge is 2.25. The van der Waals surface area contributed by atoms with Crippen LogP contribution in [0.5, 0.6) is 0 Å². The van der Waals surface area contributed by atoms with Crippen LogP contribution >= 0.6 is 0 Å². The largest absolute Gasteiger partial charge is 0.480 e. The van der Waals surface area contributed by atoms with Gasteiger partial charge in [-0.3, -0.25) is 4.79 Å². The maximum absolute atomic E-state index is 10.3. The predicted molar refractivity (Wildman–Crippen MR) is 86.6 cm³/mol. The highest BCUT2D eigenvalue weighted by molar-refractivity contribution is 5.73. The standard InChI is InChI=1S/C13H4.C6H11NO2/c1-3-5-7-9-11-13-12-10-8-6-4-2;1-4-2-5(6(8)9)7-3-4/h1H,2H3;4-5,7H,2-3H2,1H3,(H,8,9). The Hall–Kier alpha value is -3.21. The minimum atomic E-state index is -0.723. The molecule has 2 atom stereocenters. The molecular formula is C19H15NO2. The lowest BCUT2D eigenvalue weighted by Crippen LogP contribution is -2.29. The van der Waals surface area contributed by atoms with Gasteiger partial charge in [-0.15, -0.1) is 6.42 Å². The smallest absolute Gasteiger partial charge is 0.320 e. The third-order valence-corrected chi connectivity index (χ3v) is 2.35.